The van der Waals surface area contributed by atoms with Gasteiger partial charge in [-0.1, -0.05) is 6.42 Å². The number of carbonyl (C=O) groups is 6. The van der Waals surface area contributed by atoms with Gasteiger partial charge in [0.15, 0.2) is 0 Å². The molecule has 0 saturated heterocycles. The van der Waals surface area contributed by atoms with E-state index in [2.05, 4.69) is 10.6 Å². The number of rotatable bonds is 17. The van der Waals surface area contributed by atoms with Crippen molar-refractivity contribution in [2.45, 2.75) is 75.7 Å². The Balaban J connectivity index is 5.37. The highest BCUT2D eigenvalue weighted by Crippen LogP contribution is 2.04. The summed E-state index contributed by atoms with van der Waals surface area (Å²) in [6.45, 7) is 1.61. The molecule has 0 rings (SSSR count). The molecule has 0 bridgehead atoms. The van der Waals surface area contributed by atoms with Crippen LogP contribution in [0.4, 0.5) is 0 Å². The van der Waals surface area contributed by atoms with Crippen molar-refractivity contribution in [3.8, 4) is 0 Å². The molecule has 0 aliphatic carbocycles. The normalized spacial score (nSPS) is 15.2. The van der Waals surface area contributed by atoms with Gasteiger partial charge in [0.05, 0.1) is 18.6 Å². The molecular formula is C19H34N6O9. The van der Waals surface area contributed by atoms with Gasteiger partial charge in [0.2, 0.25) is 23.6 Å². The van der Waals surface area contributed by atoms with E-state index in [-0.39, 0.29) is 6.42 Å². The summed E-state index contributed by atoms with van der Waals surface area (Å²) in [4.78, 5) is 70.8. The molecule has 34 heavy (non-hydrogen) atoms. The second kappa shape index (κ2) is 15.5. The first-order valence-corrected chi connectivity index (χ1v) is 10.6. The molecule has 0 aromatic carbocycles. The SMILES string of the molecule is CC(O)C(NC(=O)C(N)CCCCN)C(=O)NC(CC(N)=O)C(=O)NC(CCC(=O)O)C(=O)O. The fourth-order valence-corrected chi connectivity index (χ4v) is 2.77. The number of aliphatic carboxylic acids is 2. The molecule has 0 spiro atoms. The average Bonchev–Trinajstić information content (AvgIpc) is 2.72. The van der Waals surface area contributed by atoms with Gasteiger partial charge in [0.1, 0.15) is 18.1 Å². The molecule has 0 heterocycles. The Hall–Kier alpha value is -3.30. The summed E-state index contributed by atoms with van der Waals surface area (Å²) in [6.07, 6.45) is -1.72. The second-order valence-electron chi connectivity index (χ2n) is 7.68. The lowest BCUT2D eigenvalue weighted by Crippen LogP contribution is -2.60. The van der Waals surface area contributed by atoms with Crippen LogP contribution in [0.2, 0.25) is 0 Å². The van der Waals surface area contributed by atoms with Crippen LogP contribution in [-0.2, 0) is 28.8 Å². The van der Waals surface area contributed by atoms with Crippen LogP contribution in [0.1, 0.15) is 45.4 Å². The summed E-state index contributed by atoms with van der Waals surface area (Å²) >= 11 is 0. The molecule has 0 saturated carbocycles. The smallest absolute Gasteiger partial charge is 0.326 e. The maximum Gasteiger partial charge on any atom is 0.326 e. The summed E-state index contributed by atoms with van der Waals surface area (Å²) in [5, 5.41) is 34.3. The highest BCUT2D eigenvalue weighted by Gasteiger charge is 2.33. The van der Waals surface area contributed by atoms with Crippen molar-refractivity contribution in [2.75, 3.05) is 6.54 Å². The minimum Gasteiger partial charge on any atom is -0.481 e. The lowest BCUT2D eigenvalue weighted by molar-refractivity contribution is -0.143. The number of hydrogen-bond acceptors (Lipinski definition) is 9. The molecule has 0 fully saturated rings. The van der Waals surface area contributed by atoms with Crippen molar-refractivity contribution in [1.29, 1.82) is 0 Å². The van der Waals surface area contributed by atoms with Crippen LogP contribution in [0, 0.1) is 0 Å². The number of carboxylic acids is 2. The number of primary amides is 1. The van der Waals surface area contributed by atoms with E-state index < -0.39 is 85.1 Å². The van der Waals surface area contributed by atoms with Gasteiger partial charge < -0.3 is 48.5 Å². The van der Waals surface area contributed by atoms with E-state index in [9.17, 15) is 39.0 Å². The Kier molecular flexibility index (Phi) is 14.0. The first-order chi connectivity index (χ1) is 15.8. The van der Waals surface area contributed by atoms with Gasteiger partial charge in [-0.15, -0.1) is 0 Å². The van der Waals surface area contributed by atoms with Crippen molar-refractivity contribution in [1.82, 2.24) is 16.0 Å². The molecule has 15 nitrogen and oxygen atoms in total. The summed E-state index contributed by atoms with van der Waals surface area (Å²) in [7, 11) is 0. The molecule has 12 N–H and O–H groups in total. The maximum atomic E-state index is 12.7. The van der Waals surface area contributed by atoms with Crippen molar-refractivity contribution in [3.05, 3.63) is 0 Å². The minimum absolute atomic E-state index is 0.275. The zero-order valence-corrected chi connectivity index (χ0v) is 18.9. The predicted octanol–water partition coefficient (Wildman–Crippen LogP) is -3.90. The summed E-state index contributed by atoms with van der Waals surface area (Å²) < 4.78 is 0. The van der Waals surface area contributed by atoms with Gasteiger partial charge >= 0.3 is 11.9 Å². The summed E-state index contributed by atoms with van der Waals surface area (Å²) in [5.41, 5.74) is 16.2. The molecule has 5 atom stereocenters. The topological polar surface area (TPSA) is 277 Å². The van der Waals surface area contributed by atoms with Crippen LogP contribution in [-0.4, -0.2) is 87.7 Å². The molecule has 4 amide bonds. The fourth-order valence-electron chi connectivity index (χ4n) is 2.77. The van der Waals surface area contributed by atoms with Gasteiger partial charge in [0.25, 0.3) is 0 Å². The third-order valence-corrected chi connectivity index (χ3v) is 4.67. The Morgan fingerprint density at radius 3 is 1.91 bits per heavy atom. The van der Waals surface area contributed by atoms with E-state index >= 15 is 0 Å². The third kappa shape index (κ3) is 12.1. The number of unbranched alkanes of at least 4 members (excludes halogenated alkanes) is 1. The van der Waals surface area contributed by atoms with Gasteiger partial charge in [-0.2, -0.15) is 0 Å². The van der Waals surface area contributed by atoms with Gasteiger partial charge in [0, 0.05) is 6.42 Å². The molecule has 15 heteroatoms. The molecule has 0 radical (unpaired) electrons. The highest BCUT2D eigenvalue weighted by atomic mass is 16.4. The van der Waals surface area contributed by atoms with Crippen LogP contribution in [0.3, 0.4) is 0 Å². The van der Waals surface area contributed by atoms with Crippen molar-refractivity contribution in [2.24, 2.45) is 17.2 Å². The molecule has 5 unspecified atom stereocenters. The van der Waals surface area contributed by atoms with Crippen molar-refractivity contribution < 1.29 is 44.1 Å². The summed E-state index contributed by atoms with van der Waals surface area (Å²) in [5.74, 6) is -6.77. The van der Waals surface area contributed by atoms with Crippen LogP contribution < -0.4 is 33.2 Å². The largest absolute Gasteiger partial charge is 0.481 e. The summed E-state index contributed by atoms with van der Waals surface area (Å²) in [6, 6.07) is -5.82. The number of amides is 4. The number of carboxylic acid groups (broad SMARTS) is 2. The number of nitrogens with one attached hydrogen (secondary N) is 3. The van der Waals surface area contributed by atoms with Gasteiger partial charge in [-0.05, 0) is 32.7 Å². The number of aliphatic hydroxyl groups is 1. The lowest BCUT2D eigenvalue weighted by Gasteiger charge is -2.26. The lowest BCUT2D eigenvalue weighted by atomic mass is 10.1. The standard InChI is InChI=1S/C19H34N6O9/c1-9(26)15(25-16(30)10(21)4-2-3-7-20)18(32)24-12(8-13(22)27)17(31)23-11(19(33)34)5-6-14(28)29/h9-12,15,26H,2-8,20-21H2,1H3,(H2,22,27)(H,23,31)(H,24,32)(H,25,30)(H,28,29)(H,33,34). The van der Waals surface area contributed by atoms with E-state index in [1.807, 2.05) is 5.32 Å². The molecule has 0 aromatic heterocycles. The van der Waals surface area contributed by atoms with E-state index in [0.29, 0.717) is 19.4 Å². The highest BCUT2D eigenvalue weighted by molar-refractivity contribution is 5.96. The number of aliphatic hydroxyl groups excluding tert-OH is 1. The second-order valence-corrected chi connectivity index (χ2v) is 7.68. The Labute approximate surface area is 195 Å². The van der Waals surface area contributed by atoms with Crippen molar-refractivity contribution >= 4 is 35.6 Å². The van der Waals surface area contributed by atoms with Crippen molar-refractivity contribution in [3.63, 3.8) is 0 Å². The number of hydrogen-bond donors (Lipinski definition) is 9. The molecule has 0 aliphatic rings. The molecular weight excluding hydrogens is 456 g/mol. The quantitative estimate of drug-likeness (QED) is 0.0888. The van der Waals surface area contributed by atoms with Crippen LogP contribution in [0.5, 0.6) is 0 Å². The zero-order chi connectivity index (χ0) is 26.4. The monoisotopic (exact) mass is 490 g/mol. The zero-order valence-electron chi connectivity index (χ0n) is 18.9. The van der Waals surface area contributed by atoms with E-state index in [0.717, 1.165) is 0 Å². The third-order valence-electron chi connectivity index (χ3n) is 4.67. The first kappa shape index (κ1) is 30.7. The average molecular weight is 491 g/mol. The maximum absolute atomic E-state index is 12.7. The Bertz CT molecular complexity index is 746. The van der Waals surface area contributed by atoms with Gasteiger partial charge in [-0.25, -0.2) is 4.79 Å². The van der Waals surface area contributed by atoms with Gasteiger partial charge in [-0.3, -0.25) is 24.0 Å². The predicted molar refractivity (Wildman–Crippen MR) is 117 cm³/mol. The van der Waals surface area contributed by atoms with E-state index in [4.69, 9.17) is 22.3 Å². The Morgan fingerprint density at radius 1 is 0.853 bits per heavy atom. The van der Waals surface area contributed by atoms with Crippen LogP contribution in [0.15, 0.2) is 0 Å². The molecule has 194 valence electrons. The molecule has 0 aliphatic heterocycles. The number of nitrogens with two attached hydrogens (primary N) is 3. The van der Waals surface area contributed by atoms with Crippen LogP contribution >= 0.6 is 0 Å². The van der Waals surface area contributed by atoms with Crippen LogP contribution in [0.25, 0.3) is 0 Å². The van der Waals surface area contributed by atoms with E-state index in [1.54, 1.807) is 0 Å². The minimum atomic E-state index is -1.66. The fraction of sp³-hybridized carbons (Fsp3) is 0.684. The number of carbonyl (C=O) groups excluding carboxylic acids is 4. The first-order valence-electron chi connectivity index (χ1n) is 10.6. The Morgan fingerprint density at radius 2 is 1.44 bits per heavy atom. The van der Waals surface area contributed by atoms with E-state index in [1.165, 1.54) is 6.92 Å². The molecule has 0 aromatic rings.